The van der Waals surface area contributed by atoms with Crippen LogP contribution in [0.3, 0.4) is 0 Å². The van der Waals surface area contributed by atoms with Crippen LogP contribution in [0.1, 0.15) is 41.3 Å². The molecule has 1 N–H and O–H groups in total. The molecule has 0 bridgehead atoms. The Bertz CT molecular complexity index is 1010. The minimum atomic E-state index is -3.66. The zero-order chi connectivity index (χ0) is 20.6. The maximum atomic E-state index is 13.2. The lowest BCUT2D eigenvalue weighted by atomic mass is 10.1. The van der Waals surface area contributed by atoms with Crippen LogP contribution in [-0.2, 0) is 21.2 Å². The van der Waals surface area contributed by atoms with Gasteiger partial charge in [-0.15, -0.1) is 0 Å². The Morgan fingerprint density at radius 2 is 1.97 bits per heavy atom. The molecule has 2 aromatic carbocycles. The summed E-state index contributed by atoms with van der Waals surface area (Å²) in [6.45, 7) is 5.07. The van der Waals surface area contributed by atoms with Crippen molar-refractivity contribution in [2.45, 2.75) is 50.2 Å². The van der Waals surface area contributed by atoms with Crippen molar-refractivity contribution in [2.75, 3.05) is 17.5 Å². The van der Waals surface area contributed by atoms with Gasteiger partial charge < -0.3 is 10.1 Å². The van der Waals surface area contributed by atoms with E-state index in [0.29, 0.717) is 24.2 Å². The molecule has 2 heterocycles. The minimum absolute atomic E-state index is 0.0866. The molecule has 1 fully saturated rings. The number of benzene rings is 2. The number of anilines is 1. The average Bonchev–Trinajstić information content (AvgIpc) is 3.32. The molecule has 1 amide bonds. The van der Waals surface area contributed by atoms with Crippen LogP contribution in [0, 0.1) is 6.92 Å². The van der Waals surface area contributed by atoms with Crippen molar-refractivity contribution >= 4 is 21.6 Å². The van der Waals surface area contributed by atoms with Gasteiger partial charge in [0.05, 0.1) is 16.7 Å². The summed E-state index contributed by atoms with van der Waals surface area (Å²) in [6, 6.07) is 11.9. The van der Waals surface area contributed by atoms with E-state index in [1.807, 2.05) is 13.8 Å². The monoisotopic (exact) mass is 414 g/mol. The molecule has 0 aliphatic carbocycles. The van der Waals surface area contributed by atoms with Crippen LogP contribution in [0.2, 0.25) is 0 Å². The molecule has 0 spiro atoms. The van der Waals surface area contributed by atoms with E-state index in [2.05, 4.69) is 5.32 Å². The van der Waals surface area contributed by atoms with Crippen molar-refractivity contribution in [2.24, 2.45) is 0 Å². The zero-order valence-electron chi connectivity index (χ0n) is 16.7. The molecular formula is C22H26N2O4S. The molecule has 1 saturated heterocycles. The second kappa shape index (κ2) is 7.80. The number of ether oxygens (including phenoxy) is 1. The second-order valence-corrected chi connectivity index (χ2v) is 9.67. The SMILES string of the molecule is Cc1ccc(S(=O)(=O)N2c3ccc(C(=O)NC[C@H]4CCCO4)cc3C[C@@H]2C)cc1. The number of carbonyl (C=O) groups excluding carboxylic acids is 1. The first-order chi connectivity index (χ1) is 13.9. The van der Waals surface area contributed by atoms with Crippen molar-refractivity contribution in [3.63, 3.8) is 0 Å². The third kappa shape index (κ3) is 3.89. The number of nitrogens with zero attached hydrogens (tertiary/aromatic N) is 1. The lowest BCUT2D eigenvalue weighted by Gasteiger charge is -2.24. The smallest absolute Gasteiger partial charge is 0.264 e. The van der Waals surface area contributed by atoms with Gasteiger partial charge in [0.2, 0.25) is 0 Å². The van der Waals surface area contributed by atoms with Crippen LogP contribution < -0.4 is 9.62 Å². The van der Waals surface area contributed by atoms with Crippen molar-refractivity contribution in [3.8, 4) is 0 Å². The zero-order valence-corrected chi connectivity index (χ0v) is 17.5. The first kappa shape index (κ1) is 19.9. The summed E-state index contributed by atoms with van der Waals surface area (Å²) in [7, 11) is -3.66. The van der Waals surface area contributed by atoms with E-state index in [0.717, 1.165) is 30.6 Å². The molecule has 0 radical (unpaired) electrons. The summed E-state index contributed by atoms with van der Waals surface area (Å²) in [6.07, 6.45) is 2.66. The maximum Gasteiger partial charge on any atom is 0.264 e. The number of fused-ring (bicyclic) bond motifs is 1. The molecule has 0 saturated carbocycles. The van der Waals surface area contributed by atoms with Crippen LogP contribution in [0.4, 0.5) is 5.69 Å². The molecule has 2 aliphatic heterocycles. The summed E-state index contributed by atoms with van der Waals surface area (Å²) in [4.78, 5) is 12.8. The van der Waals surface area contributed by atoms with Crippen molar-refractivity contribution in [1.82, 2.24) is 5.32 Å². The summed E-state index contributed by atoms with van der Waals surface area (Å²) in [5, 5.41) is 2.92. The van der Waals surface area contributed by atoms with Gasteiger partial charge >= 0.3 is 0 Å². The van der Waals surface area contributed by atoms with Crippen molar-refractivity contribution in [1.29, 1.82) is 0 Å². The molecule has 29 heavy (non-hydrogen) atoms. The Labute approximate surface area is 171 Å². The standard InChI is InChI=1S/C22H26N2O4S/c1-15-5-8-20(9-6-15)29(26,27)24-16(2)12-18-13-17(7-10-21(18)24)22(25)23-14-19-4-3-11-28-19/h5-10,13,16,19H,3-4,11-12,14H2,1-2H3,(H,23,25)/t16-,19+/m0/s1. The highest BCUT2D eigenvalue weighted by Gasteiger charge is 2.36. The summed E-state index contributed by atoms with van der Waals surface area (Å²) >= 11 is 0. The largest absolute Gasteiger partial charge is 0.376 e. The molecular weight excluding hydrogens is 388 g/mol. The van der Waals surface area contributed by atoms with Gasteiger partial charge in [-0.25, -0.2) is 8.42 Å². The molecule has 2 atom stereocenters. The van der Waals surface area contributed by atoms with Crippen LogP contribution >= 0.6 is 0 Å². The quantitative estimate of drug-likeness (QED) is 0.816. The number of amides is 1. The molecule has 2 aliphatic rings. The van der Waals surface area contributed by atoms with Gasteiger partial charge in [0.1, 0.15) is 0 Å². The Hall–Kier alpha value is -2.38. The molecule has 7 heteroatoms. The lowest BCUT2D eigenvalue weighted by molar-refractivity contribution is 0.0857. The van der Waals surface area contributed by atoms with Crippen LogP contribution in [0.15, 0.2) is 47.4 Å². The molecule has 6 nitrogen and oxygen atoms in total. The maximum absolute atomic E-state index is 13.2. The minimum Gasteiger partial charge on any atom is -0.376 e. The highest BCUT2D eigenvalue weighted by Crippen LogP contribution is 2.37. The normalized spacial score (nSPS) is 21.2. The number of carbonyl (C=O) groups is 1. The summed E-state index contributed by atoms with van der Waals surface area (Å²) in [5.74, 6) is -0.157. The predicted molar refractivity (Wildman–Crippen MR) is 112 cm³/mol. The number of sulfonamides is 1. The Kier molecular flexibility index (Phi) is 5.36. The molecule has 4 rings (SSSR count). The van der Waals surface area contributed by atoms with Gasteiger partial charge in [0.15, 0.2) is 0 Å². The van der Waals surface area contributed by atoms with Crippen molar-refractivity contribution < 1.29 is 17.9 Å². The van der Waals surface area contributed by atoms with Crippen LogP contribution in [0.5, 0.6) is 0 Å². The van der Waals surface area contributed by atoms with E-state index < -0.39 is 10.0 Å². The van der Waals surface area contributed by atoms with Gasteiger partial charge in [-0.2, -0.15) is 0 Å². The number of hydrogen-bond acceptors (Lipinski definition) is 4. The fourth-order valence-corrected chi connectivity index (χ4v) is 5.74. The van der Waals surface area contributed by atoms with E-state index >= 15 is 0 Å². The van der Waals surface area contributed by atoms with Gasteiger partial charge in [-0.3, -0.25) is 9.10 Å². The highest BCUT2D eigenvalue weighted by atomic mass is 32.2. The first-order valence-electron chi connectivity index (χ1n) is 10.00. The summed E-state index contributed by atoms with van der Waals surface area (Å²) in [5.41, 5.74) is 3.08. The number of hydrogen-bond donors (Lipinski definition) is 1. The van der Waals surface area contributed by atoms with Crippen LogP contribution in [0.25, 0.3) is 0 Å². The van der Waals surface area contributed by atoms with E-state index in [9.17, 15) is 13.2 Å². The Morgan fingerprint density at radius 1 is 1.21 bits per heavy atom. The number of nitrogens with one attached hydrogen (secondary N) is 1. The molecule has 154 valence electrons. The fourth-order valence-electron chi connectivity index (χ4n) is 4.05. The molecule has 0 unspecified atom stereocenters. The van der Waals surface area contributed by atoms with E-state index in [-0.39, 0.29) is 22.9 Å². The van der Waals surface area contributed by atoms with Crippen molar-refractivity contribution in [3.05, 3.63) is 59.2 Å². The van der Waals surface area contributed by atoms with Gasteiger partial charge in [-0.05, 0) is 69.0 Å². The predicted octanol–water partition coefficient (Wildman–Crippen LogP) is 3.04. The fraction of sp³-hybridized carbons (Fsp3) is 0.409. The Morgan fingerprint density at radius 3 is 2.66 bits per heavy atom. The molecule has 0 aromatic heterocycles. The van der Waals surface area contributed by atoms with E-state index in [1.54, 1.807) is 42.5 Å². The summed E-state index contributed by atoms with van der Waals surface area (Å²) < 4.78 is 33.5. The third-order valence-corrected chi connectivity index (χ3v) is 7.53. The third-order valence-electron chi connectivity index (χ3n) is 5.59. The highest BCUT2D eigenvalue weighted by molar-refractivity contribution is 7.92. The lowest BCUT2D eigenvalue weighted by Crippen LogP contribution is -2.35. The van der Waals surface area contributed by atoms with E-state index in [4.69, 9.17) is 4.74 Å². The topological polar surface area (TPSA) is 75.7 Å². The molecule has 2 aromatic rings. The van der Waals surface area contributed by atoms with Gasteiger partial charge in [-0.1, -0.05) is 17.7 Å². The van der Waals surface area contributed by atoms with E-state index in [1.165, 1.54) is 4.31 Å². The van der Waals surface area contributed by atoms with Gasteiger partial charge in [0, 0.05) is 24.8 Å². The van der Waals surface area contributed by atoms with Crippen LogP contribution in [-0.4, -0.2) is 39.6 Å². The second-order valence-electron chi connectivity index (χ2n) is 7.86. The number of aryl methyl sites for hydroxylation is 1. The van der Waals surface area contributed by atoms with Gasteiger partial charge in [0.25, 0.3) is 15.9 Å². The Balaban J connectivity index is 1.56. The average molecular weight is 415 g/mol. The first-order valence-corrected chi connectivity index (χ1v) is 11.4. The number of rotatable bonds is 5.